The predicted molar refractivity (Wildman–Crippen MR) is 86.1 cm³/mol. The topological polar surface area (TPSA) is 35.7 Å². The SMILES string of the molecule is NCCCCN1CCCN(CCCN2CCCC2)CC1. The van der Waals surface area contributed by atoms with Crippen LogP contribution in [-0.4, -0.2) is 80.1 Å². The van der Waals surface area contributed by atoms with Crippen molar-refractivity contribution in [2.45, 2.75) is 38.5 Å². The molecule has 2 aliphatic rings. The number of unbranched alkanes of at least 4 members (excludes halogenated alkanes) is 1. The van der Waals surface area contributed by atoms with Crippen LogP contribution in [0.4, 0.5) is 0 Å². The molecule has 2 aliphatic heterocycles. The van der Waals surface area contributed by atoms with Crippen LogP contribution in [0.25, 0.3) is 0 Å². The van der Waals surface area contributed by atoms with Gasteiger partial charge < -0.3 is 20.4 Å². The van der Waals surface area contributed by atoms with Crippen molar-refractivity contribution < 1.29 is 0 Å². The fourth-order valence-corrected chi connectivity index (χ4v) is 3.48. The Bertz CT molecular complexity index is 241. The van der Waals surface area contributed by atoms with Crippen molar-refractivity contribution >= 4 is 0 Å². The van der Waals surface area contributed by atoms with Gasteiger partial charge >= 0.3 is 0 Å². The van der Waals surface area contributed by atoms with Gasteiger partial charge in [0.15, 0.2) is 0 Å². The van der Waals surface area contributed by atoms with Crippen LogP contribution in [0.2, 0.25) is 0 Å². The first kappa shape index (κ1) is 16.2. The summed E-state index contributed by atoms with van der Waals surface area (Å²) in [6.45, 7) is 12.5. The van der Waals surface area contributed by atoms with Crippen molar-refractivity contribution in [3.8, 4) is 0 Å². The maximum absolute atomic E-state index is 5.57. The largest absolute Gasteiger partial charge is 0.330 e. The van der Waals surface area contributed by atoms with Gasteiger partial charge in [0.25, 0.3) is 0 Å². The van der Waals surface area contributed by atoms with Crippen LogP contribution in [0.15, 0.2) is 0 Å². The van der Waals surface area contributed by atoms with E-state index in [-0.39, 0.29) is 0 Å². The van der Waals surface area contributed by atoms with E-state index >= 15 is 0 Å². The zero-order valence-corrected chi connectivity index (χ0v) is 13.2. The van der Waals surface area contributed by atoms with Crippen LogP contribution in [0.1, 0.15) is 38.5 Å². The fourth-order valence-electron chi connectivity index (χ4n) is 3.48. The zero-order valence-electron chi connectivity index (χ0n) is 13.2. The summed E-state index contributed by atoms with van der Waals surface area (Å²) in [5.74, 6) is 0. The molecule has 2 heterocycles. The Morgan fingerprint density at radius 1 is 0.550 bits per heavy atom. The lowest BCUT2D eigenvalue weighted by atomic mass is 10.3. The van der Waals surface area contributed by atoms with Crippen LogP contribution in [-0.2, 0) is 0 Å². The third-order valence-corrected chi connectivity index (χ3v) is 4.76. The third-order valence-electron chi connectivity index (χ3n) is 4.76. The third kappa shape index (κ3) is 6.08. The zero-order chi connectivity index (χ0) is 14.0. The Morgan fingerprint density at radius 2 is 1.05 bits per heavy atom. The van der Waals surface area contributed by atoms with E-state index in [9.17, 15) is 0 Å². The van der Waals surface area contributed by atoms with Gasteiger partial charge in [-0.3, -0.25) is 0 Å². The minimum absolute atomic E-state index is 0.844. The molecule has 2 rings (SSSR count). The van der Waals surface area contributed by atoms with E-state index in [0.717, 1.165) is 6.54 Å². The predicted octanol–water partition coefficient (Wildman–Crippen LogP) is 1.22. The summed E-state index contributed by atoms with van der Waals surface area (Å²) in [5.41, 5.74) is 5.57. The first-order valence-corrected chi connectivity index (χ1v) is 8.75. The van der Waals surface area contributed by atoms with Crippen molar-refractivity contribution in [2.24, 2.45) is 5.73 Å². The van der Waals surface area contributed by atoms with Gasteiger partial charge in [-0.05, 0) is 90.9 Å². The molecule has 4 nitrogen and oxygen atoms in total. The summed E-state index contributed by atoms with van der Waals surface area (Å²) in [5, 5.41) is 0. The molecule has 0 radical (unpaired) electrons. The van der Waals surface area contributed by atoms with Gasteiger partial charge in [0.2, 0.25) is 0 Å². The maximum atomic E-state index is 5.57. The molecule has 0 spiro atoms. The fraction of sp³-hybridized carbons (Fsp3) is 1.00. The van der Waals surface area contributed by atoms with E-state index in [1.54, 1.807) is 0 Å². The number of likely N-dealkylation sites (tertiary alicyclic amines) is 1. The van der Waals surface area contributed by atoms with E-state index in [4.69, 9.17) is 5.73 Å². The summed E-state index contributed by atoms with van der Waals surface area (Å²) in [7, 11) is 0. The molecule has 2 saturated heterocycles. The van der Waals surface area contributed by atoms with Gasteiger partial charge in [0.1, 0.15) is 0 Å². The van der Waals surface area contributed by atoms with E-state index in [1.807, 2.05) is 0 Å². The highest BCUT2D eigenvalue weighted by Crippen LogP contribution is 2.09. The highest BCUT2D eigenvalue weighted by Gasteiger charge is 2.15. The van der Waals surface area contributed by atoms with E-state index in [0.29, 0.717) is 0 Å². The molecule has 118 valence electrons. The second-order valence-corrected chi connectivity index (χ2v) is 6.43. The molecular weight excluding hydrogens is 248 g/mol. The Labute approximate surface area is 125 Å². The van der Waals surface area contributed by atoms with Crippen molar-refractivity contribution in [3.63, 3.8) is 0 Å². The van der Waals surface area contributed by atoms with Crippen LogP contribution in [0.5, 0.6) is 0 Å². The minimum Gasteiger partial charge on any atom is -0.330 e. The van der Waals surface area contributed by atoms with E-state index in [1.165, 1.54) is 97.4 Å². The van der Waals surface area contributed by atoms with Crippen LogP contribution >= 0.6 is 0 Å². The number of nitrogens with two attached hydrogens (primary N) is 1. The summed E-state index contributed by atoms with van der Waals surface area (Å²) in [6.07, 6.45) is 7.98. The first-order chi connectivity index (χ1) is 9.88. The molecule has 0 aromatic carbocycles. The highest BCUT2D eigenvalue weighted by atomic mass is 15.2. The monoisotopic (exact) mass is 282 g/mol. The lowest BCUT2D eigenvalue weighted by molar-refractivity contribution is 0.238. The second-order valence-electron chi connectivity index (χ2n) is 6.43. The molecule has 0 bridgehead atoms. The molecule has 2 N–H and O–H groups in total. The molecule has 0 atom stereocenters. The smallest absolute Gasteiger partial charge is 0.0109 e. The number of nitrogens with zero attached hydrogens (tertiary/aromatic N) is 3. The Morgan fingerprint density at radius 3 is 1.65 bits per heavy atom. The average Bonchev–Trinajstić information content (AvgIpc) is 2.87. The normalized spacial score (nSPS) is 23.2. The van der Waals surface area contributed by atoms with Crippen LogP contribution < -0.4 is 5.73 Å². The van der Waals surface area contributed by atoms with E-state index in [2.05, 4.69) is 14.7 Å². The Kier molecular flexibility index (Phi) is 7.88. The molecule has 0 unspecified atom stereocenters. The average molecular weight is 282 g/mol. The van der Waals surface area contributed by atoms with Gasteiger partial charge in [-0.1, -0.05) is 0 Å². The van der Waals surface area contributed by atoms with Crippen molar-refractivity contribution in [1.82, 2.24) is 14.7 Å². The van der Waals surface area contributed by atoms with Gasteiger partial charge in [0.05, 0.1) is 0 Å². The molecule has 0 saturated carbocycles. The van der Waals surface area contributed by atoms with Gasteiger partial charge in [-0.25, -0.2) is 0 Å². The van der Waals surface area contributed by atoms with Crippen molar-refractivity contribution in [1.29, 1.82) is 0 Å². The van der Waals surface area contributed by atoms with Gasteiger partial charge in [-0.2, -0.15) is 0 Å². The van der Waals surface area contributed by atoms with Gasteiger partial charge in [-0.15, -0.1) is 0 Å². The van der Waals surface area contributed by atoms with Crippen molar-refractivity contribution in [2.75, 3.05) is 65.4 Å². The van der Waals surface area contributed by atoms with Crippen molar-refractivity contribution in [3.05, 3.63) is 0 Å². The first-order valence-electron chi connectivity index (χ1n) is 8.75. The molecule has 0 aliphatic carbocycles. The standard InChI is InChI=1S/C16H34N4/c17-7-1-2-8-19-12-6-14-20(16-15-19)13-5-11-18-9-3-4-10-18/h1-17H2. The lowest BCUT2D eigenvalue weighted by Gasteiger charge is -2.23. The molecule has 20 heavy (non-hydrogen) atoms. The second kappa shape index (κ2) is 9.72. The van der Waals surface area contributed by atoms with E-state index < -0.39 is 0 Å². The number of rotatable bonds is 8. The molecule has 0 aromatic rings. The number of hydrogen-bond donors (Lipinski definition) is 1. The quantitative estimate of drug-likeness (QED) is 0.679. The molecule has 0 aromatic heterocycles. The summed E-state index contributed by atoms with van der Waals surface area (Å²) >= 11 is 0. The Balaban J connectivity index is 1.55. The molecular formula is C16H34N4. The van der Waals surface area contributed by atoms with Crippen LogP contribution in [0, 0.1) is 0 Å². The van der Waals surface area contributed by atoms with Crippen LogP contribution in [0.3, 0.4) is 0 Å². The minimum atomic E-state index is 0.844. The Hall–Kier alpha value is -0.160. The summed E-state index contributed by atoms with van der Waals surface area (Å²) in [4.78, 5) is 7.95. The molecule has 4 heteroatoms. The summed E-state index contributed by atoms with van der Waals surface area (Å²) < 4.78 is 0. The molecule has 0 amide bonds. The van der Waals surface area contributed by atoms with Gasteiger partial charge in [0, 0.05) is 13.1 Å². The lowest BCUT2D eigenvalue weighted by Crippen LogP contribution is -2.33. The summed E-state index contributed by atoms with van der Waals surface area (Å²) in [6, 6.07) is 0. The number of hydrogen-bond acceptors (Lipinski definition) is 4. The maximum Gasteiger partial charge on any atom is 0.0109 e. The molecule has 2 fully saturated rings. The highest BCUT2D eigenvalue weighted by molar-refractivity contribution is 4.71.